The summed E-state index contributed by atoms with van der Waals surface area (Å²) >= 11 is 1.06. The molecule has 2 radical (unpaired) electrons. The van der Waals surface area contributed by atoms with Gasteiger partial charge in [0.1, 0.15) is 0 Å². The molecule has 0 heterocycles. The van der Waals surface area contributed by atoms with Gasteiger partial charge in [0.15, 0.2) is 0 Å². The van der Waals surface area contributed by atoms with Gasteiger partial charge in [0, 0.05) is 0 Å². The van der Waals surface area contributed by atoms with Crippen molar-refractivity contribution < 1.29 is 4.79 Å². The second-order valence-corrected chi connectivity index (χ2v) is 5.72. The SMILES string of the molecule is CC(=O)CC(C)(C)NC[CH2][PbH]. The van der Waals surface area contributed by atoms with Crippen molar-refractivity contribution in [2.75, 3.05) is 6.54 Å². The van der Waals surface area contributed by atoms with Crippen molar-refractivity contribution in [3.05, 3.63) is 0 Å². The quantitative estimate of drug-likeness (QED) is 0.738. The molecule has 2 nitrogen and oxygen atoms in total. The van der Waals surface area contributed by atoms with Gasteiger partial charge in [0.25, 0.3) is 0 Å². The van der Waals surface area contributed by atoms with Crippen LogP contribution in [0.4, 0.5) is 0 Å². The Kier molecular flexibility index (Phi) is 5.51. The van der Waals surface area contributed by atoms with Crippen molar-refractivity contribution in [2.45, 2.75) is 36.7 Å². The van der Waals surface area contributed by atoms with Crippen molar-refractivity contribution in [3.8, 4) is 0 Å². The molecule has 0 bridgehead atoms. The predicted octanol–water partition coefficient (Wildman–Crippen LogP) is 0.653. The average Bonchev–Trinajstić information content (AvgIpc) is 1.81. The Morgan fingerprint density at radius 2 is 2.09 bits per heavy atom. The zero-order valence-electron chi connectivity index (χ0n) is 7.61. The van der Waals surface area contributed by atoms with Gasteiger partial charge in [-0.3, -0.25) is 0 Å². The molecule has 0 aromatic carbocycles. The zero-order valence-corrected chi connectivity index (χ0v) is 12.1. The Balaban J connectivity index is 3.70. The van der Waals surface area contributed by atoms with Crippen LogP contribution in [0.3, 0.4) is 0 Å². The van der Waals surface area contributed by atoms with Crippen LogP contribution >= 0.6 is 0 Å². The first-order chi connectivity index (χ1) is 4.98. The molecule has 3 heteroatoms. The van der Waals surface area contributed by atoms with Crippen molar-refractivity contribution >= 4 is 31.6 Å². The maximum absolute atomic E-state index is 10.8. The number of hydrogen-bond donors (Lipinski definition) is 1. The molecule has 0 amide bonds. The Morgan fingerprint density at radius 1 is 1.55 bits per heavy atom. The normalized spacial score (nSPS) is 11.6. The Morgan fingerprint density at radius 3 is 2.45 bits per heavy atom. The molecular formula is C8H17NOPb. The van der Waals surface area contributed by atoms with E-state index in [1.165, 1.54) is 3.98 Å². The van der Waals surface area contributed by atoms with E-state index in [0.717, 1.165) is 32.3 Å². The molecular weight excluding hydrogens is 333 g/mol. The fourth-order valence-electron chi connectivity index (χ4n) is 1.10. The average molecular weight is 350 g/mol. The second kappa shape index (κ2) is 5.24. The van der Waals surface area contributed by atoms with Gasteiger partial charge in [0.05, 0.1) is 0 Å². The number of hydrogen-bond acceptors (Lipinski definition) is 2. The van der Waals surface area contributed by atoms with E-state index in [4.69, 9.17) is 0 Å². The van der Waals surface area contributed by atoms with Crippen LogP contribution in [0.2, 0.25) is 3.98 Å². The second-order valence-electron chi connectivity index (χ2n) is 3.48. The Labute approximate surface area is 84.8 Å². The van der Waals surface area contributed by atoms with Crippen LogP contribution in [0.1, 0.15) is 27.2 Å². The van der Waals surface area contributed by atoms with Crippen molar-refractivity contribution in [1.29, 1.82) is 0 Å². The molecule has 0 saturated heterocycles. The molecule has 0 rings (SSSR count). The first-order valence-electron chi connectivity index (χ1n) is 3.92. The number of carbonyl (C=O) groups is 1. The molecule has 0 aliphatic carbocycles. The summed E-state index contributed by atoms with van der Waals surface area (Å²) < 4.78 is 1.28. The van der Waals surface area contributed by atoms with Gasteiger partial charge in [-0.15, -0.1) is 0 Å². The standard InChI is InChI=1S/C8H16NO.Pb.H/c1-5-9-8(3,4)6-7(2)10;;/h9H,1,5-6H2,2-4H3;;. The van der Waals surface area contributed by atoms with Gasteiger partial charge < -0.3 is 0 Å². The minimum atomic E-state index is 0.000718. The van der Waals surface area contributed by atoms with E-state index in [-0.39, 0.29) is 11.3 Å². The van der Waals surface area contributed by atoms with Crippen LogP contribution in [-0.2, 0) is 4.79 Å². The van der Waals surface area contributed by atoms with Gasteiger partial charge in [-0.2, -0.15) is 0 Å². The van der Waals surface area contributed by atoms with E-state index in [0.29, 0.717) is 6.42 Å². The Hall–Kier alpha value is 0.552. The molecule has 0 atom stereocenters. The molecule has 0 aliphatic rings. The number of ketones is 1. The summed E-state index contributed by atoms with van der Waals surface area (Å²) in [7, 11) is 0. The summed E-state index contributed by atoms with van der Waals surface area (Å²) in [5.74, 6) is 0.262. The summed E-state index contributed by atoms with van der Waals surface area (Å²) in [5, 5.41) is 3.36. The first kappa shape index (κ1) is 11.6. The third-order valence-corrected chi connectivity index (χ3v) is 2.56. The maximum atomic E-state index is 10.8. The van der Waals surface area contributed by atoms with Gasteiger partial charge in [-0.1, -0.05) is 0 Å². The van der Waals surface area contributed by atoms with Crippen LogP contribution in [-0.4, -0.2) is 43.6 Å². The predicted molar refractivity (Wildman–Crippen MR) is 49.3 cm³/mol. The molecule has 64 valence electrons. The third-order valence-electron chi connectivity index (χ3n) is 1.44. The van der Waals surface area contributed by atoms with Crippen LogP contribution < -0.4 is 5.32 Å². The zero-order chi connectivity index (χ0) is 8.91. The molecule has 0 saturated carbocycles. The van der Waals surface area contributed by atoms with Crippen LogP contribution in [0.15, 0.2) is 0 Å². The number of carbonyl (C=O) groups excluding carboxylic acids is 1. The first-order valence-corrected chi connectivity index (χ1v) is 7.10. The van der Waals surface area contributed by atoms with Crippen LogP contribution in [0.25, 0.3) is 0 Å². The van der Waals surface area contributed by atoms with E-state index < -0.39 is 0 Å². The van der Waals surface area contributed by atoms with Crippen LogP contribution in [0, 0.1) is 0 Å². The van der Waals surface area contributed by atoms with E-state index in [1.54, 1.807) is 6.92 Å². The molecule has 0 fully saturated rings. The molecule has 0 aromatic rings. The van der Waals surface area contributed by atoms with E-state index in [1.807, 2.05) is 0 Å². The molecule has 0 unspecified atom stereocenters. The topological polar surface area (TPSA) is 29.1 Å². The summed E-state index contributed by atoms with van der Waals surface area (Å²) in [6, 6.07) is 0. The third kappa shape index (κ3) is 6.93. The summed E-state index contributed by atoms with van der Waals surface area (Å²) in [6.07, 6.45) is 0.637. The monoisotopic (exact) mass is 351 g/mol. The molecule has 0 aliphatic heterocycles. The summed E-state index contributed by atoms with van der Waals surface area (Å²) in [6.45, 7) is 6.86. The molecule has 0 aromatic heterocycles. The van der Waals surface area contributed by atoms with Crippen molar-refractivity contribution in [1.82, 2.24) is 5.32 Å². The molecule has 0 spiro atoms. The van der Waals surface area contributed by atoms with Crippen molar-refractivity contribution in [3.63, 3.8) is 0 Å². The number of nitrogens with one attached hydrogen (secondary N) is 1. The van der Waals surface area contributed by atoms with Crippen molar-refractivity contribution in [2.24, 2.45) is 0 Å². The minimum absolute atomic E-state index is 0.000718. The summed E-state index contributed by atoms with van der Waals surface area (Å²) in [5.41, 5.74) is 0.000718. The Bertz CT molecular complexity index is 134. The number of Topliss-reactive ketones (excluding diaryl/α,β-unsaturated/α-hetero) is 1. The van der Waals surface area contributed by atoms with E-state index in [2.05, 4.69) is 19.2 Å². The number of rotatable bonds is 5. The van der Waals surface area contributed by atoms with Gasteiger partial charge >= 0.3 is 84.9 Å². The fraction of sp³-hybridized carbons (Fsp3) is 0.875. The fourth-order valence-corrected chi connectivity index (χ4v) is 1.66. The molecule has 11 heavy (non-hydrogen) atoms. The van der Waals surface area contributed by atoms with Gasteiger partial charge in [0.2, 0.25) is 0 Å². The van der Waals surface area contributed by atoms with Gasteiger partial charge in [-0.25, -0.2) is 0 Å². The van der Waals surface area contributed by atoms with E-state index in [9.17, 15) is 4.79 Å². The van der Waals surface area contributed by atoms with Gasteiger partial charge in [-0.05, 0) is 0 Å². The van der Waals surface area contributed by atoms with Crippen LogP contribution in [0.5, 0.6) is 0 Å². The van der Waals surface area contributed by atoms with E-state index >= 15 is 0 Å². The summed E-state index contributed by atoms with van der Waals surface area (Å²) in [4.78, 5) is 10.8. The molecule has 1 N–H and O–H groups in total.